The van der Waals surface area contributed by atoms with E-state index in [2.05, 4.69) is 27.9 Å². The van der Waals surface area contributed by atoms with Crippen LogP contribution in [0.15, 0.2) is 11.4 Å². The summed E-state index contributed by atoms with van der Waals surface area (Å²) in [7, 11) is 0. The molecule has 0 spiro atoms. The number of halogens is 1. The first kappa shape index (κ1) is 9.94. The summed E-state index contributed by atoms with van der Waals surface area (Å²) in [6.07, 6.45) is 0. The van der Waals surface area contributed by atoms with Gasteiger partial charge in [0.25, 0.3) is 5.91 Å². The fraction of sp³-hybridized carbons (Fsp3) is 0.286. The van der Waals surface area contributed by atoms with E-state index in [0.717, 1.165) is 3.57 Å². The van der Waals surface area contributed by atoms with Crippen LogP contribution in [0.4, 0.5) is 0 Å². The van der Waals surface area contributed by atoms with Crippen molar-refractivity contribution in [2.45, 2.75) is 0 Å². The summed E-state index contributed by atoms with van der Waals surface area (Å²) >= 11 is 3.52. The molecule has 1 heterocycles. The molecule has 2 N–H and O–H groups in total. The highest BCUT2D eigenvalue weighted by molar-refractivity contribution is 14.1. The number of carbonyl (C=O) groups excluding carboxylic acids is 1. The molecule has 12 heavy (non-hydrogen) atoms. The Labute approximate surface area is 87.9 Å². The lowest BCUT2D eigenvalue weighted by Gasteiger charge is -2.00. The molecule has 1 aromatic rings. The third-order valence-corrected chi connectivity index (χ3v) is 3.40. The molecule has 0 atom stereocenters. The molecule has 3 nitrogen and oxygen atoms in total. The predicted octanol–water partition coefficient (Wildman–Crippen LogP) is 1.07. The molecule has 1 aromatic heterocycles. The van der Waals surface area contributed by atoms with Crippen molar-refractivity contribution in [2.75, 3.05) is 13.2 Å². The molecule has 0 bridgehead atoms. The number of hydrogen-bond donors (Lipinski definition) is 2. The van der Waals surface area contributed by atoms with Gasteiger partial charge >= 0.3 is 0 Å². The summed E-state index contributed by atoms with van der Waals surface area (Å²) in [5.41, 5.74) is 0. The van der Waals surface area contributed by atoms with Gasteiger partial charge in [0.15, 0.2) is 0 Å². The van der Waals surface area contributed by atoms with Crippen LogP contribution in [-0.2, 0) is 0 Å². The summed E-state index contributed by atoms with van der Waals surface area (Å²) in [6, 6.07) is 1.89. The lowest BCUT2D eigenvalue weighted by Crippen LogP contribution is -2.26. The van der Waals surface area contributed by atoms with E-state index < -0.39 is 0 Å². The minimum Gasteiger partial charge on any atom is -0.395 e. The highest BCUT2D eigenvalue weighted by atomic mass is 127. The fourth-order valence-electron chi connectivity index (χ4n) is 0.705. The number of hydrogen-bond acceptors (Lipinski definition) is 3. The van der Waals surface area contributed by atoms with Gasteiger partial charge in [0, 0.05) is 10.1 Å². The first-order valence-electron chi connectivity index (χ1n) is 3.37. The van der Waals surface area contributed by atoms with Crippen molar-refractivity contribution in [3.05, 3.63) is 19.9 Å². The second-order valence-electron chi connectivity index (χ2n) is 2.08. The molecular formula is C7H8INO2S. The van der Waals surface area contributed by atoms with Crippen molar-refractivity contribution in [1.29, 1.82) is 0 Å². The normalized spacial score (nSPS) is 9.83. The van der Waals surface area contributed by atoms with E-state index in [4.69, 9.17) is 5.11 Å². The van der Waals surface area contributed by atoms with Gasteiger partial charge in [0.2, 0.25) is 0 Å². The van der Waals surface area contributed by atoms with Crippen LogP contribution in [0.25, 0.3) is 0 Å². The Balaban J connectivity index is 2.59. The van der Waals surface area contributed by atoms with Crippen LogP contribution in [0, 0.1) is 3.57 Å². The van der Waals surface area contributed by atoms with Gasteiger partial charge < -0.3 is 10.4 Å². The minimum atomic E-state index is -0.108. The Kier molecular flexibility index (Phi) is 3.96. The Morgan fingerprint density at radius 1 is 1.75 bits per heavy atom. The van der Waals surface area contributed by atoms with Crippen LogP contribution in [0.3, 0.4) is 0 Å². The second-order valence-corrected chi connectivity index (χ2v) is 4.16. The summed E-state index contributed by atoms with van der Waals surface area (Å²) in [5, 5.41) is 12.9. The van der Waals surface area contributed by atoms with Gasteiger partial charge in [-0.1, -0.05) is 0 Å². The van der Waals surface area contributed by atoms with Crippen LogP contribution in [-0.4, -0.2) is 24.2 Å². The number of rotatable bonds is 3. The number of aliphatic hydroxyl groups excluding tert-OH is 1. The molecule has 0 saturated heterocycles. The average Bonchev–Trinajstić information content (AvgIpc) is 2.47. The largest absolute Gasteiger partial charge is 0.395 e. The van der Waals surface area contributed by atoms with Crippen LogP contribution in [0.2, 0.25) is 0 Å². The van der Waals surface area contributed by atoms with E-state index >= 15 is 0 Å². The number of aliphatic hydroxyl groups is 1. The SMILES string of the molecule is O=C(NCCO)c1sccc1I. The summed E-state index contributed by atoms with van der Waals surface area (Å²) in [5.74, 6) is -0.108. The first-order valence-corrected chi connectivity index (χ1v) is 5.33. The molecule has 0 saturated carbocycles. The quantitative estimate of drug-likeness (QED) is 0.820. The van der Waals surface area contributed by atoms with Crippen LogP contribution in [0.1, 0.15) is 9.67 Å². The molecule has 1 rings (SSSR count). The van der Waals surface area contributed by atoms with Gasteiger partial charge in [-0.15, -0.1) is 11.3 Å². The lowest BCUT2D eigenvalue weighted by atomic mass is 10.4. The van der Waals surface area contributed by atoms with Crippen molar-refractivity contribution in [3.63, 3.8) is 0 Å². The standard InChI is InChI=1S/C7H8INO2S/c8-5-1-4-12-6(5)7(11)9-2-3-10/h1,4,10H,2-3H2,(H,9,11). The van der Waals surface area contributed by atoms with E-state index in [1.165, 1.54) is 11.3 Å². The molecule has 0 aliphatic carbocycles. The highest BCUT2D eigenvalue weighted by Crippen LogP contribution is 2.17. The smallest absolute Gasteiger partial charge is 0.262 e. The Bertz CT molecular complexity index is 274. The highest BCUT2D eigenvalue weighted by Gasteiger charge is 2.09. The predicted molar refractivity (Wildman–Crippen MR) is 56.5 cm³/mol. The molecule has 0 unspecified atom stereocenters. The summed E-state index contributed by atoms with van der Waals surface area (Å²) in [6.45, 7) is 0.292. The number of thiophene rings is 1. The topological polar surface area (TPSA) is 49.3 Å². The van der Waals surface area contributed by atoms with E-state index in [-0.39, 0.29) is 12.5 Å². The summed E-state index contributed by atoms with van der Waals surface area (Å²) < 4.78 is 0.952. The number of amides is 1. The van der Waals surface area contributed by atoms with Gasteiger partial charge in [-0.3, -0.25) is 4.79 Å². The molecule has 0 fully saturated rings. The summed E-state index contributed by atoms with van der Waals surface area (Å²) in [4.78, 5) is 12.0. The van der Waals surface area contributed by atoms with Crippen LogP contribution >= 0.6 is 33.9 Å². The minimum absolute atomic E-state index is 0.0201. The lowest BCUT2D eigenvalue weighted by molar-refractivity contribution is 0.0948. The molecule has 66 valence electrons. The number of nitrogens with one attached hydrogen (secondary N) is 1. The Morgan fingerprint density at radius 2 is 2.50 bits per heavy atom. The molecule has 0 radical (unpaired) electrons. The molecule has 5 heteroatoms. The maximum absolute atomic E-state index is 11.3. The van der Waals surface area contributed by atoms with Crippen molar-refractivity contribution in [1.82, 2.24) is 5.32 Å². The maximum atomic E-state index is 11.3. The van der Waals surface area contributed by atoms with Gasteiger partial charge in [0.1, 0.15) is 4.88 Å². The average molecular weight is 297 g/mol. The zero-order valence-corrected chi connectivity index (χ0v) is 9.18. The monoisotopic (exact) mass is 297 g/mol. The van der Waals surface area contributed by atoms with Crippen LogP contribution < -0.4 is 5.32 Å². The molecule has 0 aromatic carbocycles. The Morgan fingerprint density at radius 3 is 3.00 bits per heavy atom. The zero-order chi connectivity index (χ0) is 8.97. The number of carbonyl (C=O) groups is 1. The van der Waals surface area contributed by atoms with Crippen molar-refractivity contribution in [3.8, 4) is 0 Å². The van der Waals surface area contributed by atoms with E-state index in [1.807, 2.05) is 11.4 Å². The Hall–Kier alpha value is -0.140. The van der Waals surface area contributed by atoms with Crippen LogP contribution in [0.5, 0.6) is 0 Å². The van der Waals surface area contributed by atoms with Gasteiger partial charge in [-0.2, -0.15) is 0 Å². The van der Waals surface area contributed by atoms with Crippen molar-refractivity contribution >= 4 is 39.8 Å². The third kappa shape index (κ3) is 2.43. The molecule has 0 aliphatic heterocycles. The second kappa shape index (κ2) is 4.78. The fourth-order valence-corrected chi connectivity index (χ4v) is 2.46. The van der Waals surface area contributed by atoms with Crippen molar-refractivity contribution < 1.29 is 9.90 Å². The molecule has 1 amide bonds. The van der Waals surface area contributed by atoms with Gasteiger partial charge in [0.05, 0.1) is 6.61 Å². The molecular weight excluding hydrogens is 289 g/mol. The van der Waals surface area contributed by atoms with E-state index in [0.29, 0.717) is 11.4 Å². The van der Waals surface area contributed by atoms with Crippen molar-refractivity contribution in [2.24, 2.45) is 0 Å². The molecule has 0 aliphatic rings. The maximum Gasteiger partial charge on any atom is 0.262 e. The van der Waals surface area contributed by atoms with E-state index in [9.17, 15) is 4.79 Å². The van der Waals surface area contributed by atoms with Gasteiger partial charge in [-0.25, -0.2) is 0 Å². The zero-order valence-electron chi connectivity index (χ0n) is 6.21. The first-order chi connectivity index (χ1) is 5.75. The third-order valence-electron chi connectivity index (χ3n) is 1.22. The van der Waals surface area contributed by atoms with E-state index in [1.54, 1.807) is 0 Å². The van der Waals surface area contributed by atoms with Gasteiger partial charge in [-0.05, 0) is 34.0 Å².